The van der Waals surface area contributed by atoms with Crippen molar-refractivity contribution in [3.05, 3.63) is 28.7 Å². The molecule has 6 heteroatoms. The molecule has 0 saturated carbocycles. The minimum Gasteiger partial charge on any atom is -0.396 e. The first-order chi connectivity index (χ1) is 8.67. The third-order valence-electron chi connectivity index (χ3n) is 2.37. The number of amides is 1. The van der Waals surface area contributed by atoms with Gasteiger partial charge in [0.25, 0.3) is 5.56 Å². The van der Waals surface area contributed by atoms with E-state index in [0.29, 0.717) is 25.3 Å². The van der Waals surface area contributed by atoms with Gasteiger partial charge in [0.15, 0.2) is 0 Å². The predicted molar refractivity (Wildman–Crippen MR) is 67.5 cm³/mol. The Balaban J connectivity index is 2.66. The monoisotopic (exact) mass is 254 g/mol. The summed E-state index contributed by atoms with van der Waals surface area (Å²) in [5.41, 5.74) is 0.425. The Morgan fingerprint density at radius 1 is 1.50 bits per heavy atom. The number of aromatic nitrogens is 1. The van der Waals surface area contributed by atoms with Gasteiger partial charge in [-0.15, -0.1) is 0 Å². The normalized spacial score (nSPS) is 10.3. The van der Waals surface area contributed by atoms with Gasteiger partial charge in [-0.1, -0.05) is 0 Å². The lowest BCUT2D eigenvalue weighted by Gasteiger charge is -2.08. The topological polar surface area (TPSA) is 80.6 Å². The zero-order valence-corrected chi connectivity index (χ0v) is 10.4. The average molecular weight is 254 g/mol. The molecule has 0 spiro atoms. The van der Waals surface area contributed by atoms with Crippen molar-refractivity contribution in [2.24, 2.45) is 0 Å². The smallest absolute Gasteiger partial charge is 0.250 e. The van der Waals surface area contributed by atoms with E-state index in [1.165, 1.54) is 10.6 Å². The molecule has 0 aromatic carbocycles. The summed E-state index contributed by atoms with van der Waals surface area (Å²) < 4.78 is 6.38. The van der Waals surface area contributed by atoms with Crippen LogP contribution in [0.2, 0.25) is 0 Å². The third-order valence-corrected chi connectivity index (χ3v) is 2.37. The molecule has 0 radical (unpaired) electrons. The van der Waals surface area contributed by atoms with E-state index >= 15 is 0 Å². The lowest BCUT2D eigenvalue weighted by Crippen LogP contribution is -2.22. The number of ether oxygens (including phenoxy) is 1. The van der Waals surface area contributed by atoms with Crippen LogP contribution in [0.4, 0.5) is 5.69 Å². The highest BCUT2D eigenvalue weighted by molar-refractivity contribution is 5.90. The van der Waals surface area contributed by atoms with Crippen molar-refractivity contribution in [1.82, 2.24) is 4.57 Å². The molecule has 1 aromatic rings. The molecule has 2 N–H and O–H groups in total. The zero-order valence-electron chi connectivity index (χ0n) is 10.4. The van der Waals surface area contributed by atoms with Crippen molar-refractivity contribution in [1.29, 1.82) is 0 Å². The van der Waals surface area contributed by atoms with Crippen molar-refractivity contribution in [2.45, 2.75) is 19.4 Å². The maximum Gasteiger partial charge on any atom is 0.250 e. The number of pyridine rings is 1. The average Bonchev–Trinajstić information content (AvgIpc) is 2.37. The van der Waals surface area contributed by atoms with Gasteiger partial charge >= 0.3 is 0 Å². The van der Waals surface area contributed by atoms with Crippen LogP contribution in [0.15, 0.2) is 23.1 Å². The van der Waals surface area contributed by atoms with E-state index in [9.17, 15) is 9.59 Å². The molecule has 1 heterocycles. The number of nitrogens with one attached hydrogen (secondary N) is 1. The second-order valence-corrected chi connectivity index (χ2v) is 3.82. The van der Waals surface area contributed by atoms with E-state index in [2.05, 4.69) is 5.32 Å². The van der Waals surface area contributed by atoms with E-state index < -0.39 is 0 Å². The minimum atomic E-state index is -0.180. The van der Waals surface area contributed by atoms with Crippen molar-refractivity contribution in [3.8, 4) is 0 Å². The Labute approximate surface area is 105 Å². The van der Waals surface area contributed by atoms with Gasteiger partial charge in [0.05, 0.1) is 12.3 Å². The highest BCUT2D eigenvalue weighted by Gasteiger charge is 2.03. The number of methoxy groups -OCH3 is 1. The Morgan fingerprint density at radius 2 is 2.28 bits per heavy atom. The molecule has 1 amide bonds. The summed E-state index contributed by atoms with van der Waals surface area (Å²) in [5.74, 6) is -0.180. The van der Waals surface area contributed by atoms with Crippen LogP contribution in [-0.4, -0.2) is 35.9 Å². The Morgan fingerprint density at radius 3 is 2.94 bits per heavy atom. The van der Waals surface area contributed by atoms with Gasteiger partial charge in [-0.05, 0) is 12.5 Å². The summed E-state index contributed by atoms with van der Waals surface area (Å²) in [7, 11) is 1.56. The number of anilines is 1. The molecule has 0 aliphatic heterocycles. The Kier molecular flexibility index (Phi) is 6.10. The summed E-state index contributed by atoms with van der Waals surface area (Å²) >= 11 is 0. The maximum atomic E-state index is 11.5. The summed E-state index contributed by atoms with van der Waals surface area (Å²) in [4.78, 5) is 22.9. The van der Waals surface area contributed by atoms with Gasteiger partial charge in [0.1, 0.15) is 0 Å². The van der Waals surface area contributed by atoms with Crippen LogP contribution in [0.5, 0.6) is 0 Å². The van der Waals surface area contributed by atoms with E-state index in [0.717, 1.165) is 0 Å². The highest BCUT2D eigenvalue weighted by Crippen LogP contribution is 2.04. The molecule has 1 rings (SSSR count). The highest BCUT2D eigenvalue weighted by atomic mass is 16.5. The Bertz CT molecular complexity index is 442. The first-order valence-corrected chi connectivity index (χ1v) is 5.77. The first kappa shape index (κ1) is 14.4. The van der Waals surface area contributed by atoms with Crippen LogP contribution >= 0.6 is 0 Å². The molecule has 1 aromatic heterocycles. The molecule has 0 unspecified atom stereocenters. The number of rotatable bonds is 7. The van der Waals surface area contributed by atoms with Gasteiger partial charge in [-0.25, -0.2) is 0 Å². The standard InChI is InChI=1S/C12H18N2O4/c1-18-8-6-14-9-10(4-5-12(14)17)13-11(16)3-2-7-15/h4-5,9,15H,2-3,6-8H2,1H3,(H,13,16). The van der Waals surface area contributed by atoms with Crippen molar-refractivity contribution in [3.63, 3.8) is 0 Å². The predicted octanol–water partition coefficient (Wildman–Crippen LogP) is 0.206. The number of aliphatic hydroxyl groups is 1. The number of nitrogens with zero attached hydrogens (tertiary/aromatic N) is 1. The molecular formula is C12H18N2O4. The number of carbonyl (C=O) groups excluding carboxylic acids is 1. The number of carbonyl (C=O) groups is 1. The quantitative estimate of drug-likeness (QED) is 0.728. The van der Waals surface area contributed by atoms with Gasteiger partial charge < -0.3 is 19.7 Å². The second kappa shape index (κ2) is 7.62. The van der Waals surface area contributed by atoms with Gasteiger partial charge in [0, 0.05) is 38.9 Å². The van der Waals surface area contributed by atoms with E-state index in [-0.39, 0.29) is 24.5 Å². The van der Waals surface area contributed by atoms with Crippen molar-refractivity contribution >= 4 is 11.6 Å². The lowest BCUT2D eigenvalue weighted by molar-refractivity contribution is -0.116. The molecule has 0 atom stereocenters. The van der Waals surface area contributed by atoms with Crippen LogP contribution in [0.1, 0.15) is 12.8 Å². The molecule has 6 nitrogen and oxygen atoms in total. The summed E-state index contributed by atoms with van der Waals surface area (Å²) in [6.07, 6.45) is 2.26. The fourth-order valence-electron chi connectivity index (χ4n) is 1.43. The molecule has 0 saturated heterocycles. The molecule has 0 aliphatic rings. The fraction of sp³-hybridized carbons (Fsp3) is 0.500. The molecular weight excluding hydrogens is 236 g/mol. The van der Waals surface area contributed by atoms with Crippen LogP contribution in [0, 0.1) is 0 Å². The van der Waals surface area contributed by atoms with Crippen molar-refractivity contribution in [2.75, 3.05) is 25.6 Å². The van der Waals surface area contributed by atoms with Gasteiger partial charge in [0.2, 0.25) is 5.91 Å². The largest absolute Gasteiger partial charge is 0.396 e. The zero-order chi connectivity index (χ0) is 13.4. The minimum absolute atomic E-state index is 0.0131. The fourth-order valence-corrected chi connectivity index (χ4v) is 1.43. The maximum absolute atomic E-state index is 11.5. The SMILES string of the molecule is COCCn1cc(NC(=O)CCCO)ccc1=O. The third kappa shape index (κ3) is 4.68. The molecule has 0 aliphatic carbocycles. The number of hydrogen-bond donors (Lipinski definition) is 2. The lowest BCUT2D eigenvalue weighted by atomic mass is 10.3. The van der Waals surface area contributed by atoms with E-state index in [4.69, 9.17) is 9.84 Å². The van der Waals surface area contributed by atoms with E-state index in [1.54, 1.807) is 19.4 Å². The molecule has 18 heavy (non-hydrogen) atoms. The van der Waals surface area contributed by atoms with Crippen LogP contribution in [0.3, 0.4) is 0 Å². The molecule has 0 bridgehead atoms. The molecule has 0 fully saturated rings. The number of hydrogen-bond acceptors (Lipinski definition) is 4. The summed E-state index contributed by atoms with van der Waals surface area (Å²) in [6.45, 7) is 0.859. The first-order valence-electron chi connectivity index (χ1n) is 5.77. The number of aliphatic hydroxyl groups excluding tert-OH is 1. The van der Waals surface area contributed by atoms with Crippen LogP contribution < -0.4 is 10.9 Å². The summed E-state index contributed by atoms with van der Waals surface area (Å²) in [6, 6.07) is 2.96. The van der Waals surface area contributed by atoms with Gasteiger partial charge in [-0.2, -0.15) is 0 Å². The van der Waals surface area contributed by atoms with Gasteiger partial charge in [-0.3, -0.25) is 9.59 Å². The summed E-state index contributed by atoms with van der Waals surface area (Å²) in [5, 5.41) is 11.3. The second-order valence-electron chi connectivity index (χ2n) is 3.82. The van der Waals surface area contributed by atoms with Crippen molar-refractivity contribution < 1.29 is 14.6 Å². The molecule has 100 valence electrons. The Hall–Kier alpha value is -1.66. The van der Waals surface area contributed by atoms with Crippen LogP contribution in [0.25, 0.3) is 0 Å². The van der Waals surface area contributed by atoms with Crippen LogP contribution in [-0.2, 0) is 16.1 Å². The van der Waals surface area contributed by atoms with E-state index in [1.807, 2.05) is 0 Å².